The largest absolute Gasteiger partial charge is 0.343 e. The van der Waals surface area contributed by atoms with E-state index in [0.29, 0.717) is 0 Å². The van der Waals surface area contributed by atoms with E-state index in [0.717, 1.165) is 4.88 Å². The normalized spacial score (nSPS) is 9.95. The van der Waals surface area contributed by atoms with Gasteiger partial charge in [-0.3, -0.25) is 9.59 Å². The number of anilines is 1. The first kappa shape index (κ1) is 13.2. The third kappa shape index (κ3) is 3.62. The fourth-order valence-electron chi connectivity index (χ4n) is 1.40. The lowest BCUT2D eigenvalue weighted by atomic mass is 10.3. The highest BCUT2D eigenvalue weighted by Crippen LogP contribution is 2.12. The maximum absolute atomic E-state index is 13.3. The molecule has 0 spiro atoms. The summed E-state index contributed by atoms with van der Waals surface area (Å²) in [5.41, 5.74) is -0.0150. The molecule has 0 fully saturated rings. The summed E-state index contributed by atoms with van der Waals surface area (Å²) in [5, 5.41) is 6.55. The Morgan fingerprint density at radius 1 is 1.11 bits per heavy atom. The summed E-state index contributed by atoms with van der Waals surface area (Å²) in [6.45, 7) is 0.279. The average Bonchev–Trinajstić information content (AvgIpc) is 2.91. The van der Waals surface area contributed by atoms with Gasteiger partial charge in [0.2, 0.25) is 0 Å². The van der Waals surface area contributed by atoms with E-state index in [1.807, 2.05) is 17.5 Å². The van der Waals surface area contributed by atoms with Crippen molar-refractivity contribution in [2.45, 2.75) is 6.54 Å². The first-order valence-electron chi connectivity index (χ1n) is 5.53. The van der Waals surface area contributed by atoms with Crippen molar-refractivity contribution in [2.75, 3.05) is 5.32 Å². The van der Waals surface area contributed by atoms with E-state index < -0.39 is 17.6 Å². The van der Waals surface area contributed by atoms with Crippen LogP contribution in [0.3, 0.4) is 0 Å². The number of benzene rings is 1. The maximum atomic E-state index is 13.3. The van der Waals surface area contributed by atoms with Gasteiger partial charge in [-0.2, -0.15) is 0 Å². The summed E-state index contributed by atoms with van der Waals surface area (Å²) in [5.74, 6) is -2.26. The Labute approximate surface area is 113 Å². The number of thiophene rings is 1. The first-order valence-corrected chi connectivity index (χ1v) is 6.41. The van der Waals surface area contributed by atoms with Crippen LogP contribution in [0, 0.1) is 5.82 Å². The molecule has 2 aromatic rings. The first-order chi connectivity index (χ1) is 9.16. The SMILES string of the molecule is O=C(NCc1cccs1)C(=O)Nc1ccccc1F. The Balaban J connectivity index is 1.89. The summed E-state index contributed by atoms with van der Waals surface area (Å²) >= 11 is 1.48. The summed E-state index contributed by atoms with van der Waals surface area (Å²) < 4.78 is 13.3. The number of halogens is 1. The van der Waals surface area contributed by atoms with E-state index in [4.69, 9.17) is 0 Å². The molecule has 0 aliphatic rings. The minimum Gasteiger partial charge on any atom is -0.343 e. The standard InChI is InChI=1S/C13H11FN2O2S/c14-10-5-1-2-6-11(10)16-13(18)12(17)15-8-9-4-3-7-19-9/h1-7H,8H2,(H,15,17)(H,16,18). The second kappa shape index (κ2) is 6.10. The molecule has 98 valence electrons. The van der Waals surface area contributed by atoms with Gasteiger partial charge in [-0.25, -0.2) is 4.39 Å². The molecule has 0 radical (unpaired) electrons. The van der Waals surface area contributed by atoms with E-state index in [1.54, 1.807) is 6.07 Å². The number of para-hydroxylation sites is 1. The molecule has 0 bridgehead atoms. The van der Waals surface area contributed by atoms with Crippen molar-refractivity contribution in [1.29, 1.82) is 0 Å². The molecule has 1 heterocycles. The quantitative estimate of drug-likeness (QED) is 0.845. The molecule has 0 unspecified atom stereocenters. The van der Waals surface area contributed by atoms with Crippen molar-refractivity contribution in [3.05, 3.63) is 52.5 Å². The monoisotopic (exact) mass is 278 g/mol. The fourth-order valence-corrected chi connectivity index (χ4v) is 2.05. The van der Waals surface area contributed by atoms with Crippen LogP contribution in [0.1, 0.15) is 4.88 Å². The summed E-state index contributed by atoms with van der Waals surface area (Å²) in [4.78, 5) is 24.0. The Morgan fingerprint density at radius 2 is 1.89 bits per heavy atom. The minimum atomic E-state index is -0.887. The van der Waals surface area contributed by atoms with Crippen LogP contribution in [0.2, 0.25) is 0 Å². The Morgan fingerprint density at radius 3 is 2.58 bits per heavy atom. The fraction of sp³-hybridized carbons (Fsp3) is 0.0769. The second-order valence-electron chi connectivity index (χ2n) is 3.70. The van der Waals surface area contributed by atoms with Crippen LogP contribution in [0.25, 0.3) is 0 Å². The highest BCUT2D eigenvalue weighted by molar-refractivity contribution is 7.09. The van der Waals surface area contributed by atoms with Crippen LogP contribution < -0.4 is 10.6 Å². The van der Waals surface area contributed by atoms with Gasteiger partial charge < -0.3 is 10.6 Å². The van der Waals surface area contributed by atoms with Crippen LogP contribution in [0.5, 0.6) is 0 Å². The number of nitrogens with one attached hydrogen (secondary N) is 2. The highest BCUT2D eigenvalue weighted by Gasteiger charge is 2.14. The molecule has 0 aliphatic carbocycles. The Hall–Kier alpha value is -2.21. The topological polar surface area (TPSA) is 58.2 Å². The molecule has 2 rings (SSSR count). The zero-order valence-electron chi connectivity index (χ0n) is 9.85. The number of carbonyl (C=O) groups is 2. The predicted octanol–water partition coefficient (Wildman–Crippen LogP) is 2.14. The number of amides is 2. The molecule has 0 saturated heterocycles. The number of rotatable bonds is 3. The van der Waals surface area contributed by atoms with Gasteiger partial charge in [0.15, 0.2) is 0 Å². The van der Waals surface area contributed by atoms with E-state index in [9.17, 15) is 14.0 Å². The molecule has 1 aromatic carbocycles. The number of hydrogen-bond donors (Lipinski definition) is 2. The van der Waals surface area contributed by atoms with E-state index in [2.05, 4.69) is 10.6 Å². The molecule has 0 saturated carbocycles. The van der Waals surface area contributed by atoms with Crippen LogP contribution in [0.15, 0.2) is 41.8 Å². The van der Waals surface area contributed by atoms with Gasteiger partial charge in [-0.15, -0.1) is 11.3 Å². The Kier molecular flexibility index (Phi) is 4.25. The van der Waals surface area contributed by atoms with Gasteiger partial charge in [0.05, 0.1) is 12.2 Å². The summed E-state index contributed by atoms with van der Waals surface area (Å²) in [6, 6.07) is 9.37. The minimum absolute atomic E-state index is 0.0150. The van der Waals surface area contributed by atoms with Crippen LogP contribution in [-0.2, 0) is 16.1 Å². The molecule has 1 aromatic heterocycles. The van der Waals surface area contributed by atoms with E-state index >= 15 is 0 Å². The third-order valence-electron chi connectivity index (χ3n) is 2.33. The van der Waals surface area contributed by atoms with E-state index in [1.165, 1.54) is 29.5 Å². The lowest BCUT2D eigenvalue weighted by Crippen LogP contribution is -2.34. The molecular formula is C13H11FN2O2S. The second-order valence-corrected chi connectivity index (χ2v) is 4.73. The van der Waals surface area contributed by atoms with Crippen LogP contribution in [-0.4, -0.2) is 11.8 Å². The molecule has 0 aliphatic heterocycles. The van der Waals surface area contributed by atoms with Crippen molar-refractivity contribution in [1.82, 2.24) is 5.32 Å². The maximum Gasteiger partial charge on any atom is 0.313 e. The molecule has 0 atom stereocenters. The summed E-state index contributed by atoms with van der Waals surface area (Å²) in [6.07, 6.45) is 0. The lowest BCUT2D eigenvalue weighted by Gasteiger charge is -2.06. The van der Waals surface area contributed by atoms with E-state index in [-0.39, 0.29) is 12.2 Å². The van der Waals surface area contributed by atoms with Crippen molar-refractivity contribution in [2.24, 2.45) is 0 Å². The van der Waals surface area contributed by atoms with Gasteiger partial charge >= 0.3 is 11.8 Å². The molecule has 4 nitrogen and oxygen atoms in total. The van der Waals surface area contributed by atoms with Crippen molar-refractivity contribution >= 4 is 28.8 Å². The van der Waals surface area contributed by atoms with Gasteiger partial charge in [0.25, 0.3) is 0 Å². The van der Waals surface area contributed by atoms with Gasteiger partial charge in [0.1, 0.15) is 5.82 Å². The van der Waals surface area contributed by atoms with Crippen LogP contribution in [0.4, 0.5) is 10.1 Å². The van der Waals surface area contributed by atoms with Crippen LogP contribution >= 0.6 is 11.3 Å². The zero-order valence-corrected chi connectivity index (χ0v) is 10.7. The predicted molar refractivity (Wildman–Crippen MR) is 71.2 cm³/mol. The van der Waals surface area contributed by atoms with Crippen molar-refractivity contribution in [3.8, 4) is 0 Å². The van der Waals surface area contributed by atoms with Crippen molar-refractivity contribution < 1.29 is 14.0 Å². The molecular weight excluding hydrogens is 267 g/mol. The molecule has 6 heteroatoms. The Bertz CT molecular complexity index is 584. The molecule has 2 amide bonds. The third-order valence-corrected chi connectivity index (χ3v) is 3.21. The summed E-state index contributed by atoms with van der Waals surface area (Å²) in [7, 11) is 0. The van der Waals surface area contributed by atoms with Crippen molar-refractivity contribution in [3.63, 3.8) is 0 Å². The average molecular weight is 278 g/mol. The van der Waals surface area contributed by atoms with Gasteiger partial charge in [0, 0.05) is 4.88 Å². The van der Waals surface area contributed by atoms with Gasteiger partial charge in [-0.05, 0) is 23.6 Å². The number of hydrogen-bond acceptors (Lipinski definition) is 3. The smallest absolute Gasteiger partial charge is 0.313 e. The molecule has 2 N–H and O–H groups in total. The molecule has 19 heavy (non-hydrogen) atoms. The number of carbonyl (C=O) groups excluding carboxylic acids is 2. The highest BCUT2D eigenvalue weighted by atomic mass is 32.1. The zero-order chi connectivity index (χ0) is 13.7. The lowest BCUT2D eigenvalue weighted by molar-refractivity contribution is -0.136. The van der Waals surface area contributed by atoms with Gasteiger partial charge in [-0.1, -0.05) is 18.2 Å².